The van der Waals surface area contributed by atoms with Gasteiger partial charge in [-0.25, -0.2) is 16.8 Å². The molecule has 4 aromatic rings. The molecule has 38 heavy (non-hydrogen) atoms. The molecule has 0 heterocycles. The third kappa shape index (κ3) is 11.9. The Hall–Kier alpha value is -1.82. The van der Waals surface area contributed by atoms with Gasteiger partial charge in [0.2, 0.25) is 0 Å². The van der Waals surface area contributed by atoms with E-state index in [-0.39, 0.29) is 64.7 Å². The Morgan fingerprint density at radius 3 is 1.24 bits per heavy atom. The summed E-state index contributed by atoms with van der Waals surface area (Å²) in [6.45, 7) is 7.26. The monoisotopic (exact) mass is 566 g/mol. The largest absolute Gasteiger partial charge is 1.00 e. The summed E-state index contributed by atoms with van der Waals surface area (Å²) < 4.78 is 67.4. The summed E-state index contributed by atoms with van der Waals surface area (Å²) in [6, 6.07) is 31.2. The molecule has 0 amide bonds. The van der Waals surface area contributed by atoms with Gasteiger partial charge in [-0.1, -0.05) is 128 Å². The van der Waals surface area contributed by atoms with E-state index in [0.717, 1.165) is 6.07 Å². The minimum absolute atomic E-state index is 0. The normalized spacial score (nSPS) is 10.1. The van der Waals surface area contributed by atoms with Gasteiger partial charge >= 0.3 is 59.1 Å². The molecule has 0 bridgehead atoms. The van der Waals surface area contributed by atoms with Crippen LogP contribution in [0.2, 0.25) is 0 Å². The van der Waals surface area contributed by atoms with Gasteiger partial charge in [0.25, 0.3) is 0 Å². The smallest absolute Gasteiger partial charge is 0.744 e. The van der Waals surface area contributed by atoms with Crippen molar-refractivity contribution in [3.05, 3.63) is 133 Å². The van der Waals surface area contributed by atoms with Gasteiger partial charge in [-0.2, -0.15) is 0 Å². The molecule has 0 aliphatic rings. The summed E-state index contributed by atoms with van der Waals surface area (Å²) in [5.74, 6) is 0. The minimum Gasteiger partial charge on any atom is -0.744 e. The predicted molar refractivity (Wildman–Crippen MR) is 141 cm³/mol. The molecule has 0 aliphatic carbocycles. The summed E-state index contributed by atoms with van der Waals surface area (Å²) >= 11 is 0. The van der Waals surface area contributed by atoms with Crippen molar-refractivity contribution in [1.29, 1.82) is 0 Å². The van der Waals surface area contributed by atoms with Gasteiger partial charge < -0.3 is 9.11 Å². The quantitative estimate of drug-likeness (QED) is 0.245. The van der Waals surface area contributed by atoms with Gasteiger partial charge in [-0.05, 0) is 22.8 Å². The van der Waals surface area contributed by atoms with Crippen LogP contribution in [-0.2, 0) is 20.2 Å². The molecule has 10 heteroatoms. The standard InChI is InChI=1S/C12H10O6S2.2C8H8.2Na/c13-19(14,15)11-8-4-7-10(12(11)20(16,17)18)9-5-2-1-3-6-9;2*1-2-8-6-4-3-5-7-8;;/h1-8H,(H,13,14,15)(H,16,17,18);2*2-7H,1H2;;/q;;;2*+1/p-2. The van der Waals surface area contributed by atoms with Crippen LogP contribution in [0.3, 0.4) is 0 Å². The van der Waals surface area contributed by atoms with Gasteiger partial charge in [-0.15, -0.1) is 0 Å². The van der Waals surface area contributed by atoms with Crippen molar-refractivity contribution < 1.29 is 85.1 Å². The van der Waals surface area contributed by atoms with Crippen LogP contribution >= 0.6 is 0 Å². The van der Waals surface area contributed by atoms with E-state index in [9.17, 15) is 25.9 Å². The number of hydrogen-bond acceptors (Lipinski definition) is 6. The van der Waals surface area contributed by atoms with Gasteiger partial charge in [0.1, 0.15) is 20.2 Å². The van der Waals surface area contributed by atoms with E-state index >= 15 is 0 Å². The molecule has 0 atom stereocenters. The van der Waals surface area contributed by atoms with E-state index in [1.807, 2.05) is 72.8 Å². The fourth-order valence-corrected chi connectivity index (χ4v) is 4.96. The first kappa shape index (κ1) is 36.2. The second-order valence-electron chi connectivity index (χ2n) is 7.14. The number of benzene rings is 4. The molecule has 0 N–H and O–H groups in total. The maximum atomic E-state index is 11.3. The van der Waals surface area contributed by atoms with E-state index in [4.69, 9.17) is 0 Å². The van der Waals surface area contributed by atoms with Crippen molar-refractivity contribution in [2.24, 2.45) is 0 Å². The van der Waals surface area contributed by atoms with Crippen LogP contribution in [0, 0.1) is 0 Å². The Labute approximate surface area is 269 Å². The van der Waals surface area contributed by atoms with E-state index in [0.29, 0.717) is 5.56 Å². The summed E-state index contributed by atoms with van der Waals surface area (Å²) in [6.07, 6.45) is 3.67. The summed E-state index contributed by atoms with van der Waals surface area (Å²) in [4.78, 5) is -2.05. The topological polar surface area (TPSA) is 114 Å². The Morgan fingerprint density at radius 1 is 0.526 bits per heavy atom. The van der Waals surface area contributed by atoms with Crippen molar-refractivity contribution in [2.45, 2.75) is 9.79 Å². The molecule has 6 nitrogen and oxygen atoms in total. The van der Waals surface area contributed by atoms with Crippen molar-refractivity contribution in [3.8, 4) is 11.1 Å². The molecule has 0 aliphatic heterocycles. The average Bonchev–Trinajstić information content (AvgIpc) is 2.89. The van der Waals surface area contributed by atoms with E-state index in [1.54, 1.807) is 18.2 Å². The molecule has 0 radical (unpaired) electrons. The maximum Gasteiger partial charge on any atom is 1.00 e. The molecule has 0 spiro atoms. The van der Waals surface area contributed by atoms with Crippen molar-refractivity contribution >= 4 is 32.4 Å². The summed E-state index contributed by atoms with van der Waals surface area (Å²) in [5.41, 5.74) is 2.56. The first-order chi connectivity index (χ1) is 17.1. The van der Waals surface area contributed by atoms with Crippen LogP contribution in [0.5, 0.6) is 0 Å². The van der Waals surface area contributed by atoms with Gasteiger partial charge in [0.15, 0.2) is 0 Å². The number of rotatable bonds is 5. The minimum atomic E-state index is -5.12. The van der Waals surface area contributed by atoms with Crippen LogP contribution in [0.15, 0.2) is 132 Å². The summed E-state index contributed by atoms with van der Waals surface area (Å²) in [5, 5.41) is 0. The van der Waals surface area contributed by atoms with Crippen molar-refractivity contribution in [3.63, 3.8) is 0 Å². The second-order valence-corrected chi connectivity index (χ2v) is 9.80. The fourth-order valence-electron chi connectivity index (χ4n) is 2.99. The molecular formula is C28H24Na2O6S2. The van der Waals surface area contributed by atoms with Crippen LogP contribution in [0.1, 0.15) is 11.1 Å². The fraction of sp³-hybridized carbons (Fsp3) is 0. The SMILES string of the molecule is C=Cc1ccccc1.C=Cc1ccccc1.O=S(=O)([O-])c1cccc(-c2ccccc2)c1S(=O)(=O)[O-].[Na+].[Na+]. The van der Waals surface area contributed by atoms with Crippen molar-refractivity contribution in [2.75, 3.05) is 0 Å². The molecule has 0 unspecified atom stereocenters. The van der Waals surface area contributed by atoms with E-state index in [2.05, 4.69) is 13.2 Å². The molecule has 0 saturated heterocycles. The summed E-state index contributed by atoms with van der Waals surface area (Å²) in [7, 11) is -10.2. The first-order valence-electron chi connectivity index (χ1n) is 10.5. The Morgan fingerprint density at radius 2 is 0.921 bits per heavy atom. The van der Waals surface area contributed by atoms with Gasteiger partial charge in [0, 0.05) is 5.56 Å². The Kier molecular flexibility index (Phi) is 16.9. The van der Waals surface area contributed by atoms with Crippen LogP contribution in [0.25, 0.3) is 23.3 Å². The zero-order chi connectivity index (χ0) is 26.6. The zero-order valence-corrected chi connectivity index (χ0v) is 26.9. The van der Waals surface area contributed by atoms with E-state index < -0.39 is 30.0 Å². The molecule has 4 rings (SSSR count). The molecular weight excluding hydrogens is 542 g/mol. The average molecular weight is 567 g/mol. The molecule has 0 fully saturated rings. The predicted octanol–water partition coefficient (Wildman–Crippen LogP) is -0.171. The molecule has 186 valence electrons. The van der Waals surface area contributed by atoms with Crippen LogP contribution in [0.4, 0.5) is 0 Å². The molecule has 0 saturated carbocycles. The third-order valence-corrected chi connectivity index (χ3v) is 6.60. The van der Waals surface area contributed by atoms with Gasteiger partial charge in [0.05, 0.1) is 9.79 Å². The number of hydrogen-bond donors (Lipinski definition) is 0. The Balaban J connectivity index is 0.000000629. The van der Waals surface area contributed by atoms with Crippen LogP contribution in [-0.4, -0.2) is 25.9 Å². The second kappa shape index (κ2) is 17.7. The van der Waals surface area contributed by atoms with E-state index in [1.165, 1.54) is 35.4 Å². The zero-order valence-electron chi connectivity index (χ0n) is 21.2. The van der Waals surface area contributed by atoms with Crippen molar-refractivity contribution in [1.82, 2.24) is 0 Å². The maximum absolute atomic E-state index is 11.3. The molecule has 0 aromatic heterocycles. The first-order valence-corrected chi connectivity index (χ1v) is 13.3. The third-order valence-electron chi connectivity index (χ3n) is 4.65. The molecule has 4 aromatic carbocycles. The van der Waals surface area contributed by atoms with Gasteiger partial charge in [-0.3, -0.25) is 0 Å². The Bertz CT molecular complexity index is 1450. The van der Waals surface area contributed by atoms with Crippen LogP contribution < -0.4 is 59.1 Å².